The molecule has 7 heteroatoms. The number of pyridine rings is 1. The van der Waals surface area contributed by atoms with E-state index in [4.69, 9.17) is 23.8 Å². The van der Waals surface area contributed by atoms with E-state index in [1.807, 2.05) is 36.5 Å². The number of fused-ring (bicyclic) bond motifs is 1. The Balaban J connectivity index is 1.56. The first-order valence-corrected chi connectivity index (χ1v) is 10.8. The normalized spacial score (nSPS) is 10.9. The summed E-state index contributed by atoms with van der Waals surface area (Å²) in [6.07, 6.45) is 4.35. The maximum absolute atomic E-state index is 13.6. The first-order chi connectivity index (χ1) is 15.0. The maximum Gasteiger partial charge on any atom is 0.173 e. The largest absolute Gasteiger partial charge is 0.358 e. The lowest BCUT2D eigenvalue weighted by atomic mass is 10.1. The highest BCUT2D eigenvalue weighted by molar-refractivity contribution is 7.80. The molecule has 2 aromatic heterocycles. The molecule has 2 N–H and O–H groups in total. The zero-order chi connectivity index (χ0) is 21.8. The van der Waals surface area contributed by atoms with Crippen molar-refractivity contribution in [3.63, 3.8) is 0 Å². The van der Waals surface area contributed by atoms with Gasteiger partial charge in [0.2, 0.25) is 0 Å². The van der Waals surface area contributed by atoms with Crippen LogP contribution in [-0.2, 0) is 13.0 Å². The molecule has 0 bridgehead atoms. The van der Waals surface area contributed by atoms with E-state index in [1.165, 1.54) is 17.7 Å². The number of halogens is 2. The summed E-state index contributed by atoms with van der Waals surface area (Å²) in [6, 6.07) is 16.1. The predicted octanol–water partition coefficient (Wildman–Crippen LogP) is 6.11. The van der Waals surface area contributed by atoms with E-state index < -0.39 is 0 Å². The first kappa shape index (κ1) is 21.3. The minimum Gasteiger partial charge on any atom is -0.358 e. The standard InChI is InChI=1S/C24H22ClFN4S/c1-16-21(22-12-18(25)7-8-23(22)28-16)9-11-30(15-17-4-3-10-27-14-17)24(31)29-20-6-2-5-19(26)13-20/h2-8,10,12-14,28H,9,11,15H2,1H3,(H,29,31). The van der Waals surface area contributed by atoms with Crippen LogP contribution in [0.25, 0.3) is 10.9 Å². The molecule has 0 aliphatic carbocycles. The van der Waals surface area contributed by atoms with Crippen LogP contribution in [0.15, 0.2) is 67.0 Å². The molecule has 4 nitrogen and oxygen atoms in total. The number of thiocarbonyl (C=S) groups is 1. The third-order valence-electron chi connectivity index (χ3n) is 5.17. The SMILES string of the molecule is Cc1[nH]c2ccc(Cl)cc2c1CCN(Cc1cccnc1)C(=S)Nc1cccc(F)c1. The van der Waals surface area contributed by atoms with Crippen LogP contribution >= 0.6 is 23.8 Å². The van der Waals surface area contributed by atoms with Gasteiger partial charge in [0.05, 0.1) is 0 Å². The number of nitrogens with one attached hydrogen (secondary N) is 2. The molecule has 2 heterocycles. The smallest absolute Gasteiger partial charge is 0.173 e. The number of rotatable bonds is 6. The summed E-state index contributed by atoms with van der Waals surface area (Å²) in [4.78, 5) is 9.70. The van der Waals surface area contributed by atoms with Gasteiger partial charge >= 0.3 is 0 Å². The summed E-state index contributed by atoms with van der Waals surface area (Å²) in [6.45, 7) is 3.34. The number of aryl methyl sites for hydroxylation is 1. The van der Waals surface area contributed by atoms with E-state index in [-0.39, 0.29) is 5.82 Å². The molecular formula is C24H22ClFN4S. The number of nitrogens with zero attached hydrogens (tertiary/aromatic N) is 2. The lowest BCUT2D eigenvalue weighted by Gasteiger charge is -2.26. The fourth-order valence-corrected chi connectivity index (χ4v) is 4.10. The van der Waals surface area contributed by atoms with Gasteiger partial charge in [0.15, 0.2) is 5.11 Å². The number of hydrogen-bond acceptors (Lipinski definition) is 2. The molecule has 0 saturated heterocycles. The van der Waals surface area contributed by atoms with Crippen molar-refractivity contribution in [1.29, 1.82) is 0 Å². The van der Waals surface area contributed by atoms with Gasteiger partial charge in [-0.3, -0.25) is 4.98 Å². The summed E-state index contributed by atoms with van der Waals surface area (Å²) in [5.41, 5.74) is 5.06. The number of benzene rings is 2. The Morgan fingerprint density at radius 1 is 1.19 bits per heavy atom. The number of aromatic amines is 1. The molecule has 158 valence electrons. The van der Waals surface area contributed by atoms with Crippen LogP contribution in [0.4, 0.5) is 10.1 Å². The molecule has 0 unspecified atom stereocenters. The molecular weight excluding hydrogens is 431 g/mol. The number of anilines is 1. The van der Waals surface area contributed by atoms with Crippen molar-refractivity contribution in [2.45, 2.75) is 19.9 Å². The molecule has 0 radical (unpaired) electrons. The second kappa shape index (κ2) is 9.45. The second-order valence-corrected chi connectivity index (χ2v) is 8.21. The van der Waals surface area contributed by atoms with Crippen LogP contribution in [0.3, 0.4) is 0 Å². The highest BCUT2D eigenvalue weighted by atomic mass is 35.5. The van der Waals surface area contributed by atoms with E-state index in [9.17, 15) is 4.39 Å². The van der Waals surface area contributed by atoms with Crippen LogP contribution in [0.2, 0.25) is 5.02 Å². The van der Waals surface area contributed by atoms with Crippen LogP contribution in [0.1, 0.15) is 16.8 Å². The van der Waals surface area contributed by atoms with Crippen LogP contribution in [-0.4, -0.2) is 26.5 Å². The van der Waals surface area contributed by atoms with Crippen molar-refractivity contribution in [1.82, 2.24) is 14.9 Å². The lowest BCUT2D eigenvalue weighted by molar-refractivity contribution is 0.422. The summed E-state index contributed by atoms with van der Waals surface area (Å²) in [5.74, 6) is -0.307. The van der Waals surface area contributed by atoms with Gasteiger partial charge in [-0.2, -0.15) is 0 Å². The molecule has 4 rings (SSSR count). The van der Waals surface area contributed by atoms with Gasteiger partial charge < -0.3 is 15.2 Å². The molecule has 0 fully saturated rings. The third kappa shape index (κ3) is 5.21. The Hall–Kier alpha value is -2.96. The first-order valence-electron chi connectivity index (χ1n) is 9.97. The molecule has 0 amide bonds. The maximum atomic E-state index is 13.6. The Morgan fingerprint density at radius 2 is 2.06 bits per heavy atom. The van der Waals surface area contributed by atoms with Crippen molar-refractivity contribution in [3.05, 3.63) is 94.7 Å². The summed E-state index contributed by atoms with van der Waals surface area (Å²) >= 11 is 11.9. The van der Waals surface area contributed by atoms with Gasteiger partial charge in [0.25, 0.3) is 0 Å². The topological polar surface area (TPSA) is 44.0 Å². The van der Waals surface area contributed by atoms with Crippen molar-refractivity contribution in [2.24, 2.45) is 0 Å². The third-order valence-corrected chi connectivity index (χ3v) is 5.77. The minimum absolute atomic E-state index is 0.307. The van der Waals surface area contributed by atoms with Gasteiger partial charge in [-0.15, -0.1) is 0 Å². The molecule has 0 spiro atoms. The fraction of sp³-hybridized carbons (Fsp3) is 0.167. The average molecular weight is 453 g/mol. The van der Waals surface area contributed by atoms with E-state index >= 15 is 0 Å². The van der Waals surface area contributed by atoms with Gasteiger partial charge in [0.1, 0.15) is 5.82 Å². The summed E-state index contributed by atoms with van der Waals surface area (Å²) in [5, 5.41) is 5.53. The molecule has 4 aromatic rings. The van der Waals surface area contributed by atoms with Crippen LogP contribution in [0.5, 0.6) is 0 Å². The Morgan fingerprint density at radius 3 is 2.84 bits per heavy atom. The van der Waals surface area contributed by atoms with Crippen molar-refractivity contribution in [2.75, 3.05) is 11.9 Å². The molecule has 0 aliphatic rings. The van der Waals surface area contributed by atoms with E-state index in [0.717, 1.165) is 28.6 Å². The van der Waals surface area contributed by atoms with Gasteiger partial charge in [-0.05, 0) is 79.2 Å². The molecule has 2 aromatic carbocycles. The Bertz CT molecular complexity index is 1210. The minimum atomic E-state index is -0.307. The Kier molecular flexibility index (Phi) is 6.49. The summed E-state index contributed by atoms with van der Waals surface area (Å²) in [7, 11) is 0. The van der Waals surface area contributed by atoms with Crippen molar-refractivity contribution >= 4 is 45.5 Å². The van der Waals surface area contributed by atoms with E-state index in [1.54, 1.807) is 18.3 Å². The van der Waals surface area contributed by atoms with E-state index in [0.29, 0.717) is 28.9 Å². The number of aromatic nitrogens is 2. The predicted molar refractivity (Wildman–Crippen MR) is 129 cm³/mol. The van der Waals surface area contributed by atoms with Gasteiger partial charge in [-0.1, -0.05) is 23.7 Å². The van der Waals surface area contributed by atoms with Crippen LogP contribution < -0.4 is 5.32 Å². The van der Waals surface area contributed by atoms with E-state index in [2.05, 4.69) is 27.1 Å². The van der Waals surface area contributed by atoms with Crippen LogP contribution in [0, 0.1) is 12.7 Å². The molecule has 31 heavy (non-hydrogen) atoms. The monoisotopic (exact) mass is 452 g/mol. The number of hydrogen-bond donors (Lipinski definition) is 2. The molecule has 0 saturated carbocycles. The second-order valence-electron chi connectivity index (χ2n) is 7.39. The van der Waals surface area contributed by atoms with Crippen molar-refractivity contribution in [3.8, 4) is 0 Å². The average Bonchev–Trinajstić information content (AvgIpc) is 3.06. The van der Waals surface area contributed by atoms with Gasteiger partial charge in [-0.25, -0.2) is 4.39 Å². The van der Waals surface area contributed by atoms with Gasteiger partial charge in [0, 0.05) is 52.8 Å². The highest BCUT2D eigenvalue weighted by Gasteiger charge is 2.15. The zero-order valence-corrected chi connectivity index (χ0v) is 18.6. The number of H-pyrrole nitrogens is 1. The Labute approximate surface area is 191 Å². The molecule has 0 aliphatic heterocycles. The summed E-state index contributed by atoms with van der Waals surface area (Å²) < 4.78 is 13.6. The quantitative estimate of drug-likeness (QED) is 0.346. The fourth-order valence-electron chi connectivity index (χ4n) is 3.66. The highest BCUT2D eigenvalue weighted by Crippen LogP contribution is 2.26. The zero-order valence-electron chi connectivity index (χ0n) is 17.0. The lowest BCUT2D eigenvalue weighted by Crippen LogP contribution is -2.36. The molecule has 0 atom stereocenters. The van der Waals surface area contributed by atoms with Crippen molar-refractivity contribution < 1.29 is 4.39 Å².